The lowest BCUT2D eigenvalue weighted by Crippen LogP contribution is -2.29. The van der Waals surface area contributed by atoms with Gasteiger partial charge < -0.3 is 35.3 Å². The Labute approximate surface area is 221 Å². The molecule has 0 spiro atoms. The third-order valence-electron chi connectivity index (χ3n) is 5.49. The standard InChI is InChI=1S/C27H32N6O5/c1-27(2,3)38-25(34)30-19-8-5-17(6-9-19)18-7-12-23(29-16-18)32-24(28)31-21-11-10-20(15-22(21)36-4)33-13-14-37-26(33)35/h5-12,15-16,26,35H,13-14H2,1-4H3,(H,30,34)(H3,28,29,31,32). The van der Waals surface area contributed by atoms with Crippen molar-refractivity contribution in [3.05, 3.63) is 60.8 Å². The molecule has 11 nitrogen and oxygen atoms in total. The van der Waals surface area contributed by atoms with Gasteiger partial charge in [-0.05, 0) is 62.7 Å². The molecular formula is C27H32N6O5. The normalized spacial score (nSPS) is 15.8. The molecule has 2 heterocycles. The molecule has 0 saturated carbocycles. The number of rotatable bonds is 6. The number of hydrogen-bond donors (Lipinski definition) is 4. The van der Waals surface area contributed by atoms with Crippen LogP contribution in [0, 0.1) is 0 Å². The van der Waals surface area contributed by atoms with Gasteiger partial charge in [0.15, 0.2) is 11.8 Å². The van der Waals surface area contributed by atoms with Crippen LogP contribution in [0.5, 0.6) is 5.75 Å². The van der Waals surface area contributed by atoms with E-state index in [0.717, 1.165) is 16.8 Å². The summed E-state index contributed by atoms with van der Waals surface area (Å²) >= 11 is 0. The van der Waals surface area contributed by atoms with Crippen LogP contribution in [-0.2, 0) is 9.47 Å². The largest absolute Gasteiger partial charge is 0.494 e. The van der Waals surface area contributed by atoms with Crippen molar-refractivity contribution >= 4 is 34.9 Å². The van der Waals surface area contributed by atoms with Gasteiger partial charge in [0.25, 0.3) is 0 Å². The van der Waals surface area contributed by atoms with Crippen molar-refractivity contribution in [1.82, 2.24) is 4.98 Å². The van der Waals surface area contributed by atoms with Crippen LogP contribution in [0.1, 0.15) is 20.8 Å². The van der Waals surface area contributed by atoms with Crippen LogP contribution in [0.15, 0.2) is 65.8 Å². The van der Waals surface area contributed by atoms with Gasteiger partial charge in [-0.15, -0.1) is 0 Å². The summed E-state index contributed by atoms with van der Waals surface area (Å²) in [5.41, 5.74) is 9.36. The van der Waals surface area contributed by atoms with Crippen molar-refractivity contribution < 1.29 is 24.1 Å². The van der Waals surface area contributed by atoms with Gasteiger partial charge >= 0.3 is 6.09 Å². The van der Waals surface area contributed by atoms with E-state index >= 15 is 0 Å². The Morgan fingerprint density at radius 3 is 2.47 bits per heavy atom. The molecule has 2 aromatic carbocycles. The van der Waals surface area contributed by atoms with Crippen LogP contribution < -0.4 is 26.0 Å². The highest BCUT2D eigenvalue weighted by molar-refractivity contribution is 5.95. The van der Waals surface area contributed by atoms with Crippen molar-refractivity contribution in [2.24, 2.45) is 10.7 Å². The fourth-order valence-electron chi connectivity index (χ4n) is 3.76. The second kappa shape index (κ2) is 11.4. The number of amides is 1. The van der Waals surface area contributed by atoms with E-state index in [0.29, 0.717) is 36.1 Å². The number of carbonyl (C=O) groups excluding carboxylic acids is 1. The van der Waals surface area contributed by atoms with Crippen molar-refractivity contribution in [2.75, 3.05) is 35.8 Å². The van der Waals surface area contributed by atoms with E-state index in [1.54, 1.807) is 48.5 Å². The average molecular weight is 521 g/mol. The highest BCUT2D eigenvalue weighted by Gasteiger charge is 2.24. The zero-order valence-electron chi connectivity index (χ0n) is 21.8. The number of nitrogens with one attached hydrogen (secondary N) is 2. The highest BCUT2D eigenvalue weighted by atomic mass is 16.6. The van der Waals surface area contributed by atoms with Gasteiger partial charge in [-0.2, -0.15) is 4.99 Å². The quantitative estimate of drug-likeness (QED) is 0.277. The van der Waals surface area contributed by atoms with Crippen molar-refractivity contribution in [1.29, 1.82) is 0 Å². The maximum atomic E-state index is 11.9. The summed E-state index contributed by atoms with van der Waals surface area (Å²) in [5.74, 6) is 1.10. The second-order valence-electron chi connectivity index (χ2n) is 9.51. The van der Waals surface area contributed by atoms with E-state index in [2.05, 4.69) is 20.6 Å². The number of nitrogens with two attached hydrogens (primary N) is 1. The summed E-state index contributed by atoms with van der Waals surface area (Å²) < 4.78 is 15.9. The number of benzene rings is 2. The maximum Gasteiger partial charge on any atom is 0.412 e. The van der Waals surface area contributed by atoms with E-state index < -0.39 is 18.1 Å². The number of guanidine groups is 1. The minimum atomic E-state index is -0.981. The molecule has 200 valence electrons. The lowest BCUT2D eigenvalue weighted by Gasteiger charge is -2.22. The predicted molar refractivity (Wildman–Crippen MR) is 147 cm³/mol. The summed E-state index contributed by atoms with van der Waals surface area (Å²) in [6.07, 6.45) is 0.209. The molecule has 11 heteroatoms. The van der Waals surface area contributed by atoms with Crippen LogP contribution in [0.2, 0.25) is 0 Å². The van der Waals surface area contributed by atoms with Crippen molar-refractivity contribution in [3.8, 4) is 16.9 Å². The molecule has 38 heavy (non-hydrogen) atoms. The van der Waals surface area contributed by atoms with Gasteiger partial charge in [0, 0.05) is 35.7 Å². The fraction of sp³-hybridized carbons (Fsp3) is 0.296. The number of ether oxygens (including phenoxy) is 3. The molecule has 1 saturated heterocycles. The first-order chi connectivity index (χ1) is 18.1. The van der Waals surface area contributed by atoms with Crippen LogP contribution in [0.4, 0.5) is 27.7 Å². The number of methoxy groups -OCH3 is 1. The number of aliphatic imine (C=N–C) groups is 1. The highest BCUT2D eigenvalue weighted by Crippen LogP contribution is 2.31. The van der Waals surface area contributed by atoms with E-state index in [4.69, 9.17) is 19.9 Å². The lowest BCUT2D eigenvalue weighted by molar-refractivity contribution is -0.0573. The number of aliphatic hydroxyl groups excluding tert-OH is 1. The molecule has 1 amide bonds. The number of nitrogens with zero attached hydrogens (tertiary/aromatic N) is 3. The molecule has 1 atom stereocenters. The number of hydrogen-bond acceptors (Lipinski definition) is 8. The number of aliphatic hydroxyl groups is 1. The zero-order valence-corrected chi connectivity index (χ0v) is 21.8. The summed E-state index contributed by atoms with van der Waals surface area (Å²) in [6, 6.07) is 16.4. The zero-order chi connectivity index (χ0) is 27.3. The van der Waals surface area contributed by atoms with E-state index in [-0.39, 0.29) is 5.96 Å². The number of anilines is 3. The first-order valence-corrected chi connectivity index (χ1v) is 12.0. The topological polar surface area (TPSA) is 144 Å². The molecule has 0 aliphatic carbocycles. The molecule has 0 radical (unpaired) electrons. The molecule has 1 aromatic heterocycles. The van der Waals surface area contributed by atoms with Crippen molar-refractivity contribution in [3.63, 3.8) is 0 Å². The average Bonchev–Trinajstić information content (AvgIpc) is 3.30. The van der Waals surface area contributed by atoms with Crippen molar-refractivity contribution in [2.45, 2.75) is 32.8 Å². The van der Waals surface area contributed by atoms with Crippen LogP contribution >= 0.6 is 0 Å². The predicted octanol–water partition coefficient (Wildman–Crippen LogP) is 4.28. The number of aromatic nitrogens is 1. The molecule has 0 bridgehead atoms. The first-order valence-electron chi connectivity index (χ1n) is 12.0. The fourth-order valence-corrected chi connectivity index (χ4v) is 3.76. The van der Waals surface area contributed by atoms with Gasteiger partial charge in [-0.1, -0.05) is 12.1 Å². The third kappa shape index (κ3) is 6.90. The van der Waals surface area contributed by atoms with E-state index in [9.17, 15) is 9.90 Å². The lowest BCUT2D eigenvalue weighted by atomic mass is 10.1. The van der Waals surface area contributed by atoms with Gasteiger partial charge in [0.1, 0.15) is 11.4 Å². The molecule has 1 aliphatic rings. The molecular weight excluding hydrogens is 488 g/mol. The Morgan fingerprint density at radius 1 is 1.13 bits per heavy atom. The third-order valence-corrected chi connectivity index (χ3v) is 5.49. The van der Waals surface area contributed by atoms with E-state index in [1.807, 2.05) is 45.0 Å². The van der Waals surface area contributed by atoms with Gasteiger partial charge in [-0.25, -0.2) is 9.78 Å². The van der Waals surface area contributed by atoms with Crippen LogP contribution in [0.3, 0.4) is 0 Å². The SMILES string of the molecule is COc1cc(N2CCOC2O)ccc1NC(N)=Nc1ccc(-c2ccc(NC(=O)OC(C)(C)C)cc2)cn1. The molecule has 5 N–H and O–H groups in total. The second-order valence-corrected chi connectivity index (χ2v) is 9.51. The van der Waals surface area contributed by atoms with Crippen LogP contribution in [-0.4, -0.2) is 54.4 Å². The molecule has 4 rings (SSSR count). The molecule has 1 fully saturated rings. The first kappa shape index (κ1) is 26.7. The van der Waals surface area contributed by atoms with Gasteiger partial charge in [-0.3, -0.25) is 5.32 Å². The number of pyridine rings is 1. The summed E-state index contributed by atoms with van der Waals surface area (Å²) in [4.78, 5) is 22.4. The van der Waals surface area contributed by atoms with Crippen LogP contribution in [0.25, 0.3) is 11.1 Å². The molecule has 1 unspecified atom stereocenters. The minimum Gasteiger partial charge on any atom is -0.494 e. The smallest absolute Gasteiger partial charge is 0.412 e. The maximum absolute atomic E-state index is 11.9. The monoisotopic (exact) mass is 520 g/mol. The summed E-state index contributed by atoms with van der Waals surface area (Å²) in [6.45, 7) is 6.46. The Morgan fingerprint density at radius 2 is 1.87 bits per heavy atom. The minimum absolute atomic E-state index is 0.137. The van der Waals surface area contributed by atoms with Gasteiger partial charge in [0.2, 0.25) is 6.41 Å². The summed E-state index contributed by atoms with van der Waals surface area (Å²) in [5, 5.41) is 15.7. The Hall–Kier alpha value is -4.35. The Balaban J connectivity index is 1.39. The molecule has 1 aliphatic heterocycles. The summed E-state index contributed by atoms with van der Waals surface area (Å²) in [7, 11) is 1.55. The Bertz CT molecular complexity index is 1290. The Kier molecular flexibility index (Phi) is 7.99. The molecule has 3 aromatic rings. The number of carbonyl (C=O) groups is 1. The van der Waals surface area contributed by atoms with E-state index in [1.165, 1.54) is 0 Å². The van der Waals surface area contributed by atoms with Gasteiger partial charge in [0.05, 0.1) is 19.4 Å².